The van der Waals surface area contributed by atoms with Gasteiger partial charge in [0, 0.05) is 102 Å². The number of epoxide rings is 1. The molecular weight excluding hydrogens is 753 g/mol. The number of thioether (sulfide) groups is 1. The molecule has 43 heavy (non-hydrogen) atoms. The van der Waals surface area contributed by atoms with Crippen molar-refractivity contribution < 1.29 is 53.0 Å². The van der Waals surface area contributed by atoms with E-state index in [1.54, 1.807) is 18.8 Å². The first-order valence-corrected chi connectivity index (χ1v) is 21.7. The van der Waals surface area contributed by atoms with Gasteiger partial charge in [-0.05, 0) is 56.7 Å². The van der Waals surface area contributed by atoms with E-state index in [9.17, 15) is 9.00 Å². The maximum absolute atomic E-state index is 10.8. The Kier molecular flexibility index (Phi) is 24.6. The van der Waals surface area contributed by atoms with E-state index in [2.05, 4.69) is 55.0 Å². The van der Waals surface area contributed by atoms with Crippen LogP contribution in [0.2, 0.25) is 0 Å². The van der Waals surface area contributed by atoms with Gasteiger partial charge in [-0.1, -0.05) is 13.2 Å². The van der Waals surface area contributed by atoms with E-state index < -0.39 is 6.24 Å². The predicted octanol–water partition coefficient (Wildman–Crippen LogP) is -0.133. The molecule has 0 atom stereocenters. The van der Waals surface area contributed by atoms with Crippen molar-refractivity contribution in [2.45, 2.75) is 73.4 Å². The largest absolute Gasteiger partial charge is 1.00 e. The topological polar surface area (TPSA) is 136 Å². The van der Waals surface area contributed by atoms with E-state index in [0.717, 1.165) is 76.7 Å². The Morgan fingerprint density at radius 1 is 0.884 bits per heavy atom. The number of hydrogen-bond acceptors (Lipinski definition) is 10. The molecule has 0 bridgehead atoms. The van der Waals surface area contributed by atoms with Crippen molar-refractivity contribution >= 4 is 92.3 Å². The Labute approximate surface area is 311 Å². The molecule has 6 fully saturated rings. The second kappa shape index (κ2) is 22.5. The number of thiocarbonyl (C=S) groups is 1. The van der Waals surface area contributed by atoms with Crippen molar-refractivity contribution in [2.24, 2.45) is 11.5 Å². The minimum Gasteiger partial charge on any atom is -1.00 e. The molecule has 0 amide bonds. The van der Waals surface area contributed by atoms with Crippen LogP contribution in [0.3, 0.4) is 0 Å². The molecule has 9 nitrogen and oxygen atoms in total. The van der Waals surface area contributed by atoms with E-state index >= 15 is 0 Å². The molecular formula is C27H57AlILiN2O7S4. The molecule has 16 heteroatoms. The number of ketones is 1. The van der Waals surface area contributed by atoms with Crippen LogP contribution < -0.4 is 30.3 Å². The van der Waals surface area contributed by atoms with Crippen LogP contribution in [0, 0.1) is 0 Å². The zero-order chi connectivity index (χ0) is 31.1. The van der Waals surface area contributed by atoms with Crippen LogP contribution in [-0.4, -0.2) is 132 Å². The first kappa shape index (κ1) is 47.0. The van der Waals surface area contributed by atoms with E-state index in [1.165, 1.54) is 18.6 Å². The summed E-state index contributed by atoms with van der Waals surface area (Å²) < 4.78 is 37.5. The maximum atomic E-state index is 10.8. The number of nitrogens with two attached hydrogens (primary N) is 2. The molecule has 0 aromatic heterocycles. The Morgan fingerprint density at radius 2 is 1.19 bits per heavy atom. The fourth-order valence-corrected chi connectivity index (χ4v) is 4.81. The Morgan fingerprint density at radius 3 is 1.37 bits per heavy atom. The summed E-state index contributed by atoms with van der Waals surface area (Å²) in [6.45, 7) is 10.0. The molecule has 2 spiro atoms. The smallest absolute Gasteiger partial charge is 1.00 e. The molecule has 6 aliphatic heterocycles. The van der Waals surface area contributed by atoms with Gasteiger partial charge in [-0.2, -0.15) is 24.4 Å². The van der Waals surface area contributed by atoms with Crippen molar-refractivity contribution in [3.05, 3.63) is 0 Å². The van der Waals surface area contributed by atoms with Crippen LogP contribution in [0.1, 0.15) is 59.7 Å². The SMILES string of the molecule is C1CC2(CCO1)CO2.C1CC2(CCO1)CS2.CC1(S)CCOCC1.CS(C)(C)(=O)I.NC(N)=S.O=C1CCOCC1.[AlH3].[H-].[Li+]. The van der Waals surface area contributed by atoms with Crippen molar-refractivity contribution in [3.8, 4) is 0 Å². The summed E-state index contributed by atoms with van der Waals surface area (Å²) in [7, 11) is 0. The van der Waals surface area contributed by atoms with E-state index in [1.807, 2.05) is 21.2 Å². The van der Waals surface area contributed by atoms with E-state index in [0.29, 0.717) is 37.4 Å². The number of rotatable bonds is 0. The average Bonchev–Trinajstić information content (AvgIpc) is 3.79. The molecule has 6 rings (SSSR count). The minimum absolute atomic E-state index is 0. The number of thiol groups is 1. The van der Waals surface area contributed by atoms with Gasteiger partial charge in [-0.3, -0.25) is 9.00 Å². The van der Waals surface area contributed by atoms with Gasteiger partial charge in [0.25, 0.3) is 0 Å². The van der Waals surface area contributed by atoms with Crippen LogP contribution in [0.5, 0.6) is 0 Å². The molecule has 6 saturated heterocycles. The van der Waals surface area contributed by atoms with Gasteiger partial charge in [0.15, 0.2) is 22.5 Å². The number of halogens is 1. The monoisotopic (exact) mass is 810 g/mol. The number of hydrogen-bond donors (Lipinski definition) is 3. The fraction of sp³-hybridized carbons (Fsp3) is 0.926. The summed E-state index contributed by atoms with van der Waals surface area (Å²) in [5, 5.41) is 0.000000000000000222. The van der Waals surface area contributed by atoms with Crippen LogP contribution in [-0.2, 0) is 34.7 Å². The number of ether oxygens (including phenoxy) is 5. The van der Waals surface area contributed by atoms with Gasteiger partial charge in [-0.15, -0.1) is 0 Å². The third-order valence-electron chi connectivity index (χ3n) is 6.53. The van der Waals surface area contributed by atoms with Crippen molar-refractivity contribution in [3.63, 3.8) is 0 Å². The summed E-state index contributed by atoms with van der Waals surface area (Å²) in [5.41, 5.74) is 9.54. The van der Waals surface area contributed by atoms with Crippen LogP contribution in [0.4, 0.5) is 0 Å². The first-order valence-electron chi connectivity index (χ1n) is 14.1. The zero-order valence-corrected chi connectivity index (χ0v) is 31.8. The molecule has 0 aromatic carbocycles. The summed E-state index contributed by atoms with van der Waals surface area (Å²) in [5.74, 6) is 1.74. The molecule has 6 aliphatic rings. The molecule has 4 N–H and O–H groups in total. The van der Waals surface area contributed by atoms with Crippen molar-refractivity contribution in [2.75, 3.05) is 84.0 Å². The second-order valence-electron chi connectivity index (χ2n) is 12.1. The van der Waals surface area contributed by atoms with E-state index in [-0.39, 0.29) is 47.5 Å². The predicted molar refractivity (Wildman–Crippen MR) is 198 cm³/mol. The van der Waals surface area contributed by atoms with Gasteiger partial charge < -0.3 is 36.6 Å². The van der Waals surface area contributed by atoms with Gasteiger partial charge >= 0.3 is 18.9 Å². The second-order valence-corrected chi connectivity index (χ2v) is 28.6. The van der Waals surface area contributed by atoms with Crippen molar-refractivity contribution in [1.82, 2.24) is 0 Å². The molecule has 0 aliphatic carbocycles. The fourth-order valence-electron chi connectivity index (χ4n) is 3.68. The molecule has 252 valence electrons. The Bertz CT molecular complexity index is 783. The quantitative estimate of drug-likeness (QED) is 0.0755. The molecule has 0 aromatic rings. The zero-order valence-electron chi connectivity index (χ0n) is 27.3. The van der Waals surface area contributed by atoms with E-state index in [4.69, 9.17) is 23.7 Å². The number of carbonyl (C=O) groups is 1. The van der Waals surface area contributed by atoms with Gasteiger partial charge in [0.1, 0.15) is 5.78 Å². The average molecular weight is 811 g/mol. The maximum Gasteiger partial charge on any atom is 1.00 e. The van der Waals surface area contributed by atoms with Gasteiger partial charge in [0.2, 0.25) is 0 Å². The minimum atomic E-state index is -2.13. The number of carbonyl (C=O) groups excluding carboxylic acids is 1. The number of Topliss-reactive ketones (excluding diaryl/α,β-unsaturated/α-hetero) is 1. The summed E-state index contributed by atoms with van der Waals surface area (Å²) >= 11 is 12.6. The van der Waals surface area contributed by atoms with Gasteiger partial charge in [0.05, 0.1) is 25.4 Å². The first-order chi connectivity index (χ1) is 18.9. The van der Waals surface area contributed by atoms with Crippen molar-refractivity contribution in [1.29, 1.82) is 0 Å². The third kappa shape index (κ3) is 30.9. The molecule has 0 saturated carbocycles. The Balaban J connectivity index is -0.000000458. The summed E-state index contributed by atoms with van der Waals surface area (Å²) in [6.07, 6.45) is 11.4. The van der Waals surface area contributed by atoms with Gasteiger partial charge in [-0.25, -0.2) is 0 Å². The normalized spacial score (nSPS) is 24.3. The molecule has 0 unspecified atom stereocenters. The van der Waals surface area contributed by atoms with Crippen LogP contribution >= 0.6 is 57.8 Å². The summed E-state index contributed by atoms with van der Waals surface area (Å²) in [6, 6.07) is 0. The van der Waals surface area contributed by atoms with Crippen LogP contribution in [0.15, 0.2) is 0 Å². The van der Waals surface area contributed by atoms with Crippen LogP contribution in [0.25, 0.3) is 0 Å². The standard InChI is InChI=1S/C6H10O2.C6H10OS.C6H12OS.C5H8O2.C3H9IOS.CH4N2S.Al.Li.4H/c2*1-3-7-4-2-6(1)5-8-6;1-6(8)2-4-7-5-3-6;6-5-1-3-7-4-2-5;1-6(2,3,4)5;2-1(3)4;;;;;;/h2*1-5H2;8H,2-5H2,1H3;1-4H2;1-3H3;(H4,2,3,4);;;;;;/q;;;;;;;+1;;;;-1. The third-order valence-corrected chi connectivity index (χ3v) is 8.49. The molecule has 6 heterocycles. The summed E-state index contributed by atoms with van der Waals surface area (Å²) in [4.78, 5) is 10.4. The molecule has 0 radical (unpaired) electrons. The Hall–Kier alpha value is 1.87.